The van der Waals surface area contributed by atoms with Crippen LogP contribution in [0.4, 0.5) is 0 Å². The van der Waals surface area contributed by atoms with E-state index in [-0.39, 0.29) is 0 Å². The molecule has 1 saturated carbocycles. The first-order valence-electron chi connectivity index (χ1n) is 7.30. The molecule has 0 amide bonds. The van der Waals surface area contributed by atoms with Gasteiger partial charge in [0.1, 0.15) is 6.10 Å². The van der Waals surface area contributed by atoms with Crippen LogP contribution in [-0.2, 0) is 4.84 Å². The summed E-state index contributed by atoms with van der Waals surface area (Å²) >= 11 is 0. The van der Waals surface area contributed by atoms with Crippen molar-refractivity contribution in [3.63, 3.8) is 0 Å². The lowest BCUT2D eigenvalue weighted by Crippen LogP contribution is -2.48. The number of hydrogen-bond donors (Lipinski definition) is 0. The summed E-state index contributed by atoms with van der Waals surface area (Å²) in [5, 5.41) is 4.42. The zero-order chi connectivity index (χ0) is 13.0. The van der Waals surface area contributed by atoms with E-state index in [1.807, 2.05) is 0 Å². The van der Waals surface area contributed by atoms with Crippen molar-refractivity contribution >= 4 is 5.71 Å². The van der Waals surface area contributed by atoms with E-state index in [9.17, 15) is 0 Å². The molecule has 1 aliphatic carbocycles. The van der Waals surface area contributed by atoms with Crippen LogP contribution < -0.4 is 0 Å². The summed E-state index contributed by atoms with van der Waals surface area (Å²) in [4.78, 5) is 8.41. The van der Waals surface area contributed by atoms with Gasteiger partial charge in [0.15, 0.2) is 0 Å². The molecule has 0 aromatic heterocycles. The average Bonchev–Trinajstić information content (AvgIpc) is 3.10. The van der Waals surface area contributed by atoms with E-state index in [4.69, 9.17) is 4.84 Å². The fourth-order valence-corrected chi connectivity index (χ4v) is 4.15. The standard InChI is InChI=1S/C16H20N2O/c1-10(2)18-9-12-8-13(18)14-15(17-19-16(12)14)11-6-4-3-5-7-11/h3-7,10,12-14,16H,8-9H2,1-2H3. The largest absolute Gasteiger partial charge is 0.391 e. The third kappa shape index (κ3) is 1.57. The summed E-state index contributed by atoms with van der Waals surface area (Å²) in [5.41, 5.74) is 2.40. The van der Waals surface area contributed by atoms with Crippen molar-refractivity contribution < 1.29 is 4.84 Å². The molecule has 100 valence electrons. The first kappa shape index (κ1) is 11.5. The zero-order valence-electron chi connectivity index (χ0n) is 11.5. The molecule has 2 fully saturated rings. The minimum Gasteiger partial charge on any atom is -0.391 e. The quantitative estimate of drug-likeness (QED) is 0.812. The lowest BCUT2D eigenvalue weighted by Gasteiger charge is -2.36. The SMILES string of the molecule is CC(C)N1CC2CC1C1C(c3ccccc3)=NOC21. The van der Waals surface area contributed by atoms with Crippen molar-refractivity contribution in [2.24, 2.45) is 17.0 Å². The Morgan fingerprint density at radius 1 is 1.26 bits per heavy atom. The van der Waals surface area contributed by atoms with Crippen LogP contribution in [0.5, 0.6) is 0 Å². The summed E-state index contributed by atoms with van der Waals surface area (Å²) in [7, 11) is 0. The van der Waals surface area contributed by atoms with Crippen LogP contribution in [0.15, 0.2) is 35.5 Å². The second kappa shape index (κ2) is 4.07. The monoisotopic (exact) mass is 256 g/mol. The molecule has 3 aliphatic rings. The maximum atomic E-state index is 5.77. The van der Waals surface area contributed by atoms with E-state index in [0.717, 1.165) is 0 Å². The lowest BCUT2D eigenvalue weighted by molar-refractivity contribution is -0.0000186. The number of hydrogen-bond acceptors (Lipinski definition) is 3. The number of oxime groups is 1. The van der Waals surface area contributed by atoms with Crippen molar-refractivity contribution in [3.8, 4) is 0 Å². The molecule has 19 heavy (non-hydrogen) atoms. The number of likely N-dealkylation sites (tertiary alicyclic amines) is 1. The molecule has 3 nitrogen and oxygen atoms in total. The Labute approximate surface area is 114 Å². The molecule has 1 aromatic rings. The zero-order valence-corrected chi connectivity index (χ0v) is 11.5. The molecule has 0 spiro atoms. The molecule has 1 saturated heterocycles. The van der Waals surface area contributed by atoms with Gasteiger partial charge in [-0.25, -0.2) is 0 Å². The highest BCUT2D eigenvalue weighted by Crippen LogP contribution is 2.48. The van der Waals surface area contributed by atoms with Crippen LogP contribution >= 0.6 is 0 Å². The molecular formula is C16H20N2O. The molecule has 4 unspecified atom stereocenters. The Morgan fingerprint density at radius 2 is 2.05 bits per heavy atom. The molecule has 3 heteroatoms. The molecule has 4 rings (SSSR count). The van der Waals surface area contributed by atoms with Crippen LogP contribution in [0.2, 0.25) is 0 Å². The Morgan fingerprint density at radius 3 is 2.79 bits per heavy atom. The van der Waals surface area contributed by atoms with E-state index >= 15 is 0 Å². The van der Waals surface area contributed by atoms with Gasteiger partial charge in [0.2, 0.25) is 0 Å². The Bertz CT molecular complexity index is 511. The molecule has 4 atom stereocenters. The van der Waals surface area contributed by atoms with Crippen LogP contribution in [0, 0.1) is 11.8 Å². The molecule has 2 bridgehead atoms. The minimum absolute atomic E-state index is 0.329. The molecule has 2 aliphatic heterocycles. The summed E-state index contributed by atoms with van der Waals surface area (Å²) in [6, 6.07) is 11.8. The molecule has 2 heterocycles. The van der Waals surface area contributed by atoms with Crippen LogP contribution in [0.25, 0.3) is 0 Å². The maximum Gasteiger partial charge on any atom is 0.141 e. The highest BCUT2D eigenvalue weighted by Gasteiger charge is 2.58. The third-order valence-corrected chi connectivity index (χ3v) is 4.97. The van der Waals surface area contributed by atoms with Crippen molar-refractivity contribution in [2.75, 3.05) is 6.54 Å². The van der Waals surface area contributed by atoms with E-state index in [1.165, 1.54) is 24.2 Å². The van der Waals surface area contributed by atoms with E-state index in [0.29, 0.717) is 30.0 Å². The topological polar surface area (TPSA) is 24.8 Å². The van der Waals surface area contributed by atoms with Crippen molar-refractivity contribution in [3.05, 3.63) is 35.9 Å². The van der Waals surface area contributed by atoms with Gasteiger partial charge in [-0.3, -0.25) is 4.90 Å². The normalized spacial score (nSPS) is 36.5. The number of nitrogens with zero attached hydrogens (tertiary/aromatic N) is 2. The first-order valence-corrected chi connectivity index (χ1v) is 7.30. The highest BCUT2D eigenvalue weighted by atomic mass is 16.6. The van der Waals surface area contributed by atoms with Gasteiger partial charge in [-0.05, 0) is 25.8 Å². The molecule has 0 N–H and O–H groups in total. The Hall–Kier alpha value is -1.35. The number of fused-ring (bicyclic) bond motifs is 5. The van der Waals surface area contributed by atoms with Crippen molar-refractivity contribution in [1.82, 2.24) is 4.90 Å². The van der Waals surface area contributed by atoms with Crippen LogP contribution in [0.3, 0.4) is 0 Å². The van der Waals surface area contributed by atoms with Crippen LogP contribution in [-0.4, -0.2) is 35.3 Å². The van der Waals surface area contributed by atoms with Gasteiger partial charge < -0.3 is 4.84 Å². The lowest BCUT2D eigenvalue weighted by atomic mass is 9.87. The predicted octanol–water partition coefficient (Wildman–Crippen LogP) is 2.52. The van der Waals surface area contributed by atoms with E-state index < -0.39 is 0 Å². The fraction of sp³-hybridized carbons (Fsp3) is 0.562. The number of rotatable bonds is 2. The Balaban J connectivity index is 1.67. The summed E-state index contributed by atoms with van der Waals surface area (Å²) in [6.07, 6.45) is 1.61. The molecule has 0 radical (unpaired) electrons. The summed E-state index contributed by atoms with van der Waals surface area (Å²) < 4.78 is 0. The fourth-order valence-electron chi connectivity index (χ4n) is 4.15. The van der Waals surface area contributed by atoms with Gasteiger partial charge in [0.05, 0.1) is 11.6 Å². The van der Waals surface area contributed by atoms with E-state index in [1.54, 1.807) is 0 Å². The van der Waals surface area contributed by atoms with Crippen LogP contribution in [0.1, 0.15) is 25.8 Å². The second-order valence-electron chi connectivity index (χ2n) is 6.29. The smallest absolute Gasteiger partial charge is 0.141 e. The molecule has 1 aromatic carbocycles. The first-order chi connectivity index (χ1) is 9.25. The van der Waals surface area contributed by atoms with Crippen molar-refractivity contribution in [1.29, 1.82) is 0 Å². The van der Waals surface area contributed by atoms with Gasteiger partial charge in [0, 0.05) is 24.5 Å². The van der Waals surface area contributed by atoms with Gasteiger partial charge in [-0.2, -0.15) is 0 Å². The maximum absolute atomic E-state index is 5.77. The average molecular weight is 256 g/mol. The number of piperidine rings is 1. The van der Waals surface area contributed by atoms with Gasteiger partial charge in [0.25, 0.3) is 0 Å². The van der Waals surface area contributed by atoms with Gasteiger partial charge in [-0.1, -0.05) is 35.5 Å². The molecular weight excluding hydrogens is 236 g/mol. The minimum atomic E-state index is 0.329. The highest BCUT2D eigenvalue weighted by molar-refractivity contribution is 6.03. The van der Waals surface area contributed by atoms with Crippen molar-refractivity contribution in [2.45, 2.75) is 38.5 Å². The Kier molecular flexibility index (Phi) is 2.46. The number of benzene rings is 1. The predicted molar refractivity (Wildman–Crippen MR) is 75.1 cm³/mol. The van der Waals surface area contributed by atoms with Gasteiger partial charge in [-0.15, -0.1) is 0 Å². The third-order valence-electron chi connectivity index (χ3n) is 4.97. The summed E-state index contributed by atoms with van der Waals surface area (Å²) in [5.74, 6) is 1.14. The second-order valence-corrected chi connectivity index (χ2v) is 6.29. The van der Waals surface area contributed by atoms with E-state index in [2.05, 4.69) is 54.2 Å². The summed E-state index contributed by atoms with van der Waals surface area (Å²) in [6.45, 7) is 5.77. The van der Waals surface area contributed by atoms with Gasteiger partial charge >= 0.3 is 0 Å².